The van der Waals surface area contributed by atoms with Crippen molar-refractivity contribution in [2.24, 2.45) is 0 Å². The van der Waals surface area contributed by atoms with Crippen LogP contribution in [0.2, 0.25) is 0 Å². The van der Waals surface area contributed by atoms with Gasteiger partial charge in [0.25, 0.3) is 0 Å². The highest BCUT2D eigenvalue weighted by Gasteiger charge is 2.12. The molecule has 2 nitrogen and oxygen atoms in total. The number of rotatable bonds is 4. The molecule has 1 aromatic heterocycles. The molecule has 1 heterocycles. The summed E-state index contributed by atoms with van der Waals surface area (Å²) >= 11 is 6.60. The number of nitrogens with one attached hydrogen (secondary N) is 1. The van der Waals surface area contributed by atoms with Gasteiger partial charge in [0.1, 0.15) is 0 Å². The Kier molecular flexibility index (Phi) is 5.43. The fourth-order valence-electron chi connectivity index (χ4n) is 2.45. The minimum absolute atomic E-state index is 0.103. The predicted molar refractivity (Wildman–Crippen MR) is 109 cm³/mol. The van der Waals surface area contributed by atoms with E-state index in [1.54, 1.807) is 18.3 Å². The van der Waals surface area contributed by atoms with Crippen molar-refractivity contribution in [2.45, 2.75) is 11.8 Å². The smallest absolute Gasteiger partial charge is 0.190 e. The van der Waals surface area contributed by atoms with Gasteiger partial charge in [-0.05, 0) is 57.4 Å². The minimum atomic E-state index is 0.103. The summed E-state index contributed by atoms with van der Waals surface area (Å²) in [5.41, 5.74) is 4.64. The summed E-state index contributed by atoms with van der Waals surface area (Å²) in [4.78, 5) is 13.4. The van der Waals surface area contributed by atoms with Crippen molar-refractivity contribution in [1.29, 1.82) is 0 Å². The normalized spacial score (nSPS) is 10.6. The van der Waals surface area contributed by atoms with Gasteiger partial charge in [-0.1, -0.05) is 36.0 Å². The average Bonchev–Trinajstić information content (AvgIpc) is 2.97. The van der Waals surface area contributed by atoms with E-state index in [0.717, 1.165) is 19.9 Å². The number of anilines is 1. The molecule has 0 saturated carbocycles. The Bertz CT molecular complexity index is 854. The van der Waals surface area contributed by atoms with Crippen molar-refractivity contribution in [3.8, 4) is 21.6 Å². The van der Waals surface area contributed by atoms with Crippen LogP contribution < -0.4 is 5.32 Å². The SMILES string of the molecule is CNc1ccc(-c2sc(Br)cc2-c2ccc(SC(C)=O)cc2)cc1. The van der Waals surface area contributed by atoms with Crippen molar-refractivity contribution in [2.75, 3.05) is 12.4 Å². The number of benzene rings is 2. The van der Waals surface area contributed by atoms with Crippen LogP contribution in [0.25, 0.3) is 21.6 Å². The first kappa shape index (κ1) is 17.3. The molecular formula is C19H16BrNOS2. The molecule has 0 unspecified atom stereocenters. The van der Waals surface area contributed by atoms with Gasteiger partial charge in [-0.15, -0.1) is 11.3 Å². The van der Waals surface area contributed by atoms with E-state index in [1.165, 1.54) is 27.8 Å². The van der Waals surface area contributed by atoms with E-state index in [-0.39, 0.29) is 5.12 Å². The van der Waals surface area contributed by atoms with E-state index in [4.69, 9.17) is 0 Å². The molecular weight excluding hydrogens is 402 g/mol. The van der Waals surface area contributed by atoms with Crippen LogP contribution in [0.4, 0.5) is 5.69 Å². The Morgan fingerprint density at radius 2 is 1.67 bits per heavy atom. The summed E-state index contributed by atoms with van der Waals surface area (Å²) in [6.45, 7) is 1.58. The first-order valence-electron chi connectivity index (χ1n) is 7.43. The number of thioether (sulfide) groups is 1. The number of hydrogen-bond donors (Lipinski definition) is 1. The molecule has 3 rings (SSSR count). The molecule has 0 spiro atoms. The summed E-state index contributed by atoms with van der Waals surface area (Å²) in [6.07, 6.45) is 0. The highest BCUT2D eigenvalue weighted by molar-refractivity contribution is 9.11. The topological polar surface area (TPSA) is 29.1 Å². The molecule has 0 aliphatic rings. The standard InChI is InChI=1S/C19H16BrNOS2/c1-12(22)23-16-9-5-13(6-10-16)17-11-18(20)24-19(17)14-3-7-15(21-2)8-4-14/h3-11,21H,1-2H3. The lowest BCUT2D eigenvalue weighted by atomic mass is 10.0. The van der Waals surface area contributed by atoms with Crippen LogP contribution >= 0.6 is 39.0 Å². The van der Waals surface area contributed by atoms with Crippen LogP contribution in [0.5, 0.6) is 0 Å². The summed E-state index contributed by atoms with van der Waals surface area (Å²) < 4.78 is 1.10. The van der Waals surface area contributed by atoms with Gasteiger partial charge in [0.2, 0.25) is 0 Å². The maximum absolute atomic E-state index is 11.2. The van der Waals surface area contributed by atoms with Crippen molar-refractivity contribution in [1.82, 2.24) is 0 Å². The summed E-state index contributed by atoms with van der Waals surface area (Å²) in [5, 5.41) is 3.25. The van der Waals surface area contributed by atoms with Gasteiger partial charge in [0.15, 0.2) is 5.12 Å². The van der Waals surface area contributed by atoms with E-state index >= 15 is 0 Å². The molecule has 0 aliphatic carbocycles. The van der Waals surface area contributed by atoms with Crippen LogP contribution in [-0.2, 0) is 4.79 Å². The third-order valence-corrected chi connectivity index (χ3v) is 6.05. The number of thiophene rings is 1. The first-order valence-corrected chi connectivity index (χ1v) is 9.86. The molecule has 0 amide bonds. The van der Waals surface area contributed by atoms with Crippen LogP contribution in [-0.4, -0.2) is 12.2 Å². The van der Waals surface area contributed by atoms with Crippen molar-refractivity contribution in [3.05, 3.63) is 58.4 Å². The first-order chi connectivity index (χ1) is 11.6. The van der Waals surface area contributed by atoms with E-state index < -0.39 is 0 Å². The molecule has 0 radical (unpaired) electrons. The second-order valence-electron chi connectivity index (χ2n) is 5.24. The lowest BCUT2D eigenvalue weighted by Gasteiger charge is -2.07. The van der Waals surface area contributed by atoms with Gasteiger partial charge in [0, 0.05) is 35.0 Å². The number of hydrogen-bond acceptors (Lipinski definition) is 4. The zero-order chi connectivity index (χ0) is 17.1. The quantitative estimate of drug-likeness (QED) is 0.489. The zero-order valence-corrected chi connectivity index (χ0v) is 16.5. The fraction of sp³-hybridized carbons (Fsp3) is 0.105. The maximum Gasteiger partial charge on any atom is 0.190 e. The van der Waals surface area contributed by atoms with Crippen LogP contribution in [0.15, 0.2) is 63.3 Å². The van der Waals surface area contributed by atoms with Gasteiger partial charge < -0.3 is 5.32 Å². The Labute approximate surface area is 158 Å². The van der Waals surface area contributed by atoms with Crippen LogP contribution in [0.3, 0.4) is 0 Å². The molecule has 2 aromatic carbocycles. The number of halogens is 1. The Morgan fingerprint density at radius 3 is 2.25 bits per heavy atom. The maximum atomic E-state index is 11.2. The predicted octanol–water partition coefficient (Wildman–Crippen LogP) is 6.52. The second kappa shape index (κ2) is 7.55. The Morgan fingerprint density at radius 1 is 1.04 bits per heavy atom. The zero-order valence-electron chi connectivity index (χ0n) is 13.3. The largest absolute Gasteiger partial charge is 0.388 e. The van der Waals surface area contributed by atoms with E-state index in [9.17, 15) is 4.79 Å². The third-order valence-electron chi connectivity index (χ3n) is 3.56. The van der Waals surface area contributed by atoms with E-state index in [1.807, 2.05) is 19.2 Å². The van der Waals surface area contributed by atoms with Gasteiger partial charge in [-0.25, -0.2) is 0 Å². The van der Waals surface area contributed by atoms with Gasteiger partial charge >= 0.3 is 0 Å². The molecule has 0 saturated heterocycles. The molecule has 0 bridgehead atoms. The minimum Gasteiger partial charge on any atom is -0.388 e. The molecule has 5 heteroatoms. The highest BCUT2D eigenvalue weighted by Crippen LogP contribution is 2.42. The molecule has 122 valence electrons. The van der Waals surface area contributed by atoms with E-state index in [2.05, 4.69) is 63.7 Å². The molecule has 0 fully saturated rings. The molecule has 0 atom stereocenters. The van der Waals surface area contributed by atoms with Crippen LogP contribution in [0, 0.1) is 0 Å². The monoisotopic (exact) mass is 417 g/mol. The Balaban J connectivity index is 1.97. The van der Waals surface area contributed by atoms with Gasteiger partial charge in [-0.2, -0.15) is 0 Å². The van der Waals surface area contributed by atoms with Crippen molar-refractivity contribution >= 4 is 49.8 Å². The van der Waals surface area contributed by atoms with Gasteiger partial charge in [0.05, 0.1) is 3.79 Å². The second-order valence-corrected chi connectivity index (χ2v) is 8.92. The van der Waals surface area contributed by atoms with E-state index in [0.29, 0.717) is 0 Å². The van der Waals surface area contributed by atoms with Crippen molar-refractivity contribution < 1.29 is 4.79 Å². The lowest BCUT2D eigenvalue weighted by molar-refractivity contribution is -0.109. The Hall–Kier alpha value is -1.56. The summed E-state index contributed by atoms with van der Waals surface area (Å²) in [5.74, 6) is 0. The third kappa shape index (κ3) is 3.91. The lowest BCUT2D eigenvalue weighted by Crippen LogP contribution is -1.87. The average molecular weight is 418 g/mol. The molecule has 3 aromatic rings. The number of carbonyl (C=O) groups excluding carboxylic acids is 1. The van der Waals surface area contributed by atoms with Crippen LogP contribution in [0.1, 0.15) is 6.92 Å². The molecule has 0 aliphatic heterocycles. The van der Waals surface area contributed by atoms with Gasteiger partial charge in [-0.3, -0.25) is 4.79 Å². The molecule has 1 N–H and O–H groups in total. The molecule has 24 heavy (non-hydrogen) atoms. The highest BCUT2D eigenvalue weighted by atomic mass is 79.9. The number of carbonyl (C=O) groups is 1. The van der Waals surface area contributed by atoms with Crippen molar-refractivity contribution in [3.63, 3.8) is 0 Å². The summed E-state index contributed by atoms with van der Waals surface area (Å²) in [7, 11) is 1.92. The fourth-order valence-corrected chi connectivity index (χ4v) is 4.68. The summed E-state index contributed by atoms with van der Waals surface area (Å²) in [6, 6.07) is 18.7.